The topological polar surface area (TPSA) is 18.5 Å². The van der Waals surface area contributed by atoms with Crippen molar-refractivity contribution in [3.63, 3.8) is 0 Å². The first kappa shape index (κ1) is 31.1. The maximum Gasteiger partial charge on any atom is 0.178 e. The van der Waals surface area contributed by atoms with Crippen LogP contribution in [0.3, 0.4) is 0 Å². The Kier molecular flexibility index (Phi) is 7.26. The Morgan fingerprint density at radius 3 is 2.12 bits per heavy atom. The average Bonchev–Trinajstić information content (AvgIpc) is 3.23. The van der Waals surface area contributed by atoms with E-state index in [2.05, 4.69) is 172 Å². The van der Waals surface area contributed by atoms with Crippen LogP contribution in [-0.4, -0.2) is 7.11 Å². The third-order valence-electron chi connectivity index (χ3n) is 11.3. The maximum atomic E-state index is 7.67. The fraction of sp³-hybridized carbons (Fsp3) is 0.143. The lowest BCUT2D eigenvalue weighted by molar-refractivity contribution is 0.163. The minimum absolute atomic E-state index is 0.397. The first-order valence-electron chi connectivity index (χ1n) is 17.8. The highest BCUT2D eigenvalue weighted by atomic mass is 16.5. The van der Waals surface area contributed by atoms with Crippen LogP contribution < -0.4 is 9.47 Å². The van der Waals surface area contributed by atoms with Crippen LogP contribution in [0.1, 0.15) is 56.5 Å². The highest BCUT2D eigenvalue weighted by Crippen LogP contribution is 2.59. The van der Waals surface area contributed by atoms with Crippen LogP contribution in [0.2, 0.25) is 0 Å². The van der Waals surface area contributed by atoms with Crippen LogP contribution >= 0.6 is 0 Å². The number of allylic oxidation sites excluding steroid dienone is 5. The monoisotopic (exact) mass is 660 g/mol. The predicted molar refractivity (Wildman–Crippen MR) is 212 cm³/mol. The Bertz CT molecular complexity index is 2410. The number of hydrogen-bond acceptors (Lipinski definition) is 2. The third kappa shape index (κ3) is 4.77. The van der Waals surface area contributed by atoms with Gasteiger partial charge in [-0.05, 0) is 95.3 Å². The lowest BCUT2D eigenvalue weighted by Crippen LogP contribution is -2.38. The number of ether oxygens (including phenoxy) is 2. The summed E-state index contributed by atoms with van der Waals surface area (Å²) >= 11 is 0. The van der Waals surface area contributed by atoms with Crippen molar-refractivity contribution in [2.75, 3.05) is 7.11 Å². The first-order valence-corrected chi connectivity index (χ1v) is 17.8. The quantitative estimate of drug-likeness (QED) is 0.188. The summed E-state index contributed by atoms with van der Waals surface area (Å²) in [4.78, 5) is 0. The maximum absolute atomic E-state index is 7.67. The Balaban J connectivity index is 1.44. The largest absolute Gasteiger partial charge is 0.497 e. The van der Waals surface area contributed by atoms with Gasteiger partial charge in [0.25, 0.3) is 0 Å². The second-order valence-electron chi connectivity index (χ2n) is 14.3. The van der Waals surface area contributed by atoms with Gasteiger partial charge in [-0.15, -0.1) is 0 Å². The molecule has 0 bridgehead atoms. The van der Waals surface area contributed by atoms with Gasteiger partial charge in [-0.25, -0.2) is 0 Å². The van der Waals surface area contributed by atoms with Crippen molar-refractivity contribution in [2.45, 2.75) is 37.7 Å². The molecule has 1 atom stereocenters. The number of methoxy groups -OCH3 is 1. The van der Waals surface area contributed by atoms with Crippen molar-refractivity contribution >= 4 is 22.4 Å². The molecule has 3 aliphatic rings. The Morgan fingerprint density at radius 2 is 1.39 bits per heavy atom. The summed E-state index contributed by atoms with van der Waals surface area (Å²) < 4.78 is 13.6. The number of rotatable bonds is 3. The van der Waals surface area contributed by atoms with Crippen LogP contribution in [0.5, 0.6) is 11.5 Å². The van der Waals surface area contributed by atoms with E-state index < -0.39 is 11.0 Å². The SMILES string of the molecule is C=C1/C=C\C=C/CC2(Cc3ccccc3-c3c2c2c(c4cc(OC)ccc34)OC(c3ccc(C)cc3)(c3ccc(C)cc3)C=C2)c2ccccc21. The summed E-state index contributed by atoms with van der Waals surface area (Å²) in [6, 6.07) is 41.9. The van der Waals surface area contributed by atoms with E-state index >= 15 is 0 Å². The highest BCUT2D eigenvalue weighted by Gasteiger charge is 2.47. The van der Waals surface area contributed by atoms with Crippen LogP contribution in [0, 0.1) is 13.8 Å². The summed E-state index contributed by atoms with van der Waals surface area (Å²) in [5.74, 6) is 1.68. The summed E-state index contributed by atoms with van der Waals surface area (Å²) in [6.07, 6.45) is 15.1. The molecule has 0 N–H and O–H groups in total. The van der Waals surface area contributed by atoms with E-state index in [4.69, 9.17) is 9.47 Å². The van der Waals surface area contributed by atoms with Gasteiger partial charge < -0.3 is 9.47 Å². The molecule has 2 nitrogen and oxygen atoms in total. The lowest BCUT2D eigenvalue weighted by Gasteiger charge is -2.45. The number of aryl methyl sites for hydroxylation is 2. The standard InChI is InChI=1S/C49H40O2/c1-32-17-21-36(22-18-32)49(37-23-19-33(2)20-24-37)29-27-42-46-45(41-26-25-38(50-4)30-43(41)47(42)51-49)40-15-8-7-13-35(40)31-48(46)28-11-5-6-12-34(3)39-14-9-10-16-44(39)48/h5-27,29-30H,3,28,31H2,1-2,4H3/b11-5-,12-6-. The van der Waals surface area contributed by atoms with Crippen molar-refractivity contribution in [3.8, 4) is 22.6 Å². The molecule has 2 aliphatic carbocycles. The lowest BCUT2D eigenvalue weighted by atomic mass is 9.59. The molecule has 0 radical (unpaired) electrons. The molecule has 0 saturated heterocycles. The summed E-state index contributed by atoms with van der Waals surface area (Å²) in [5.41, 5.74) is 13.2. The van der Waals surface area contributed by atoms with E-state index in [-0.39, 0.29) is 0 Å². The Morgan fingerprint density at radius 1 is 0.706 bits per heavy atom. The molecule has 1 heterocycles. The van der Waals surface area contributed by atoms with Crippen molar-refractivity contribution < 1.29 is 9.47 Å². The molecule has 9 rings (SSSR count). The van der Waals surface area contributed by atoms with Gasteiger partial charge in [-0.3, -0.25) is 0 Å². The van der Waals surface area contributed by atoms with Crippen molar-refractivity contribution in [2.24, 2.45) is 0 Å². The van der Waals surface area contributed by atoms with Crippen LogP contribution in [0.4, 0.5) is 0 Å². The first-order chi connectivity index (χ1) is 24.9. The molecule has 1 aliphatic heterocycles. The summed E-state index contributed by atoms with van der Waals surface area (Å²) in [7, 11) is 1.74. The fourth-order valence-electron chi connectivity index (χ4n) is 8.74. The second-order valence-corrected chi connectivity index (χ2v) is 14.3. The zero-order valence-electron chi connectivity index (χ0n) is 29.4. The number of hydrogen-bond donors (Lipinski definition) is 0. The zero-order chi connectivity index (χ0) is 34.7. The van der Waals surface area contributed by atoms with Crippen molar-refractivity contribution in [1.29, 1.82) is 0 Å². The molecule has 1 spiro atoms. The predicted octanol–water partition coefficient (Wildman–Crippen LogP) is 11.9. The number of benzene rings is 6. The van der Waals surface area contributed by atoms with Gasteiger partial charge in [0, 0.05) is 27.5 Å². The minimum Gasteiger partial charge on any atom is -0.497 e. The molecule has 0 amide bonds. The van der Waals surface area contributed by atoms with Gasteiger partial charge in [0.15, 0.2) is 5.60 Å². The summed E-state index contributed by atoms with van der Waals surface area (Å²) in [5, 5.41) is 2.20. The molecule has 0 fully saturated rings. The van der Waals surface area contributed by atoms with Gasteiger partial charge >= 0.3 is 0 Å². The van der Waals surface area contributed by atoms with E-state index in [9.17, 15) is 0 Å². The van der Waals surface area contributed by atoms with E-state index in [1.807, 2.05) is 0 Å². The van der Waals surface area contributed by atoms with Gasteiger partial charge in [-0.2, -0.15) is 0 Å². The second kappa shape index (κ2) is 11.9. The molecule has 51 heavy (non-hydrogen) atoms. The molecule has 1 unspecified atom stereocenters. The van der Waals surface area contributed by atoms with Crippen molar-refractivity contribution in [1.82, 2.24) is 0 Å². The molecule has 0 aromatic heterocycles. The van der Waals surface area contributed by atoms with Crippen LogP contribution in [0.15, 0.2) is 152 Å². The zero-order valence-corrected chi connectivity index (χ0v) is 29.4. The fourth-order valence-corrected chi connectivity index (χ4v) is 8.74. The molecular formula is C49H40O2. The average molecular weight is 661 g/mol. The smallest absolute Gasteiger partial charge is 0.178 e. The van der Waals surface area contributed by atoms with E-state index in [1.165, 1.54) is 44.5 Å². The van der Waals surface area contributed by atoms with Gasteiger partial charge in [-0.1, -0.05) is 145 Å². The van der Waals surface area contributed by atoms with Gasteiger partial charge in [0.05, 0.1) is 7.11 Å². The van der Waals surface area contributed by atoms with Crippen LogP contribution in [-0.2, 0) is 17.4 Å². The molecule has 0 saturated carbocycles. The van der Waals surface area contributed by atoms with E-state index in [0.717, 1.165) is 57.4 Å². The summed E-state index contributed by atoms with van der Waals surface area (Å²) in [6.45, 7) is 8.82. The highest BCUT2D eigenvalue weighted by molar-refractivity contribution is 6.08. The van der Waals surface area contributed by atoms with Crippen LogP contribution in [0.25, 0.3) is 33.5 Å². The van der Waals surface area contributed by atoms with Gasteiger partial charge in [0.2, 0.25) is 0 Å². The number of fused-ring (bicyclic) bond motifs is 11. The van der Waals surface area contributed by atoms with E-state index in [1.54, 1.807) is 7.11 Å². The molecular weight excluding hydrogens is 621 g/mol. The molecule has 248 valence electrons. The Hall–Kier alpha value is -5.86. The van der Waals surface area contributed by atoms with Crippen molar-refractivity contribution in [3.05, 3.63) is 202 Å². The molecule has 6 aromatic carbocycles. The third-order valence-corrected chi connectivity index (χ3v) is 11.3. The van der Waals surface area contributed by atoms with Gasteiger partial charge in [0.1, 0.15) is 11.5 Å². The molecule has 2 heteroatoms. The van der Waals surface area contributed by atoms with E-state index in [0.29, 0.717) is 0 Å². The normalized spacial score (nSPS) is 19.4. The Labute approximate surface area is 300 Å². The minimum atomic E-state index is -0.840. The molecule has 6 aromatic rings.